The zero-order chi connectivity index (χ0) is 15.2. The van der Waals surface area contributed by atoms with Crippen molar-refractivity contribution in [1.29, 1.82) is 10.5 Å². The van der Waals surface area contributed by atoms with E-state index < -0.39 is 0 Å². The normalized spacial score (nSPS) is 9.86. The van der Waals surface area contributed by atoms with Crippen LogP contribution in [0.2, 0.25) is 0 Å². The molecule has 1 heterocycles. The minimum atomic E-state index is -0.0300. The van der Waals surface area contributed by atoms with Crippen LogP contribution in [0.5, 0.6) is 0 Å². The van der Waals surface area contributed by atoms with Gasteiger partial charge in [-0.3, -0.25) is 0 Å². The van der Waals surface area contributed by atoms with Crippen LogP contribution < -0.4 is 5.73 Å². The van der Waals surface area contributed by atoms with Gasteiger partial charge < -0.3 is 10.8 Å². The van der Waals surface area contributed by atoms with Crippen molar-refractivity contribution in [1.82, 2.24) is 4.98 Å². The van der Waals surface area contributed by atoms with Crippen molar-refractivity contribution in [3.8, 4) is 23.3 Å². The number of benzene rings is 1. The van der Waals surface area contributed by atoms with E-state index in [-0.39, 0.29) is 18.0 Å². The molecule has 2 rings (SSSR count). The van der Waals surface area contributed by atoms with Gasteiger partial charge in [-0.1, -0.05) is 30.3 Å². The number of pyridine rings is 1. The van der Waals surface area contributed by atoms with E-state index in [0.717, 1.165) is 5.56 Å². The van der Waals surface area contributed by atoms with Gasteiger partial charge in [-0.25, -0.2) is 4.98 Å². The molecule has 2 aromatic rings. The fraction of sp³-hybridized carbons (Fsp3) is 0.133. The quantitative estimate of drug-likeness (QED) is 0.837. The van der Waals surface area contributed by atoms with Crippen molar-refractivity contribution in [2.75, 3.05) is 18.1 Å². The number of aliphatic hydroxyl groups excluding tert-OH is 1. The second-order valence-corrected chi connectivity index (χ2v) is 5.17. The lowest BCUT2D eigenvalue weighted by atomic mass is 9.97. The molecule has 1 aromatic carbocycles. The zero-order valence-corrected chi connectivity index (χ0v) is 11.9. The number of aliphatic hydroxyl groups is 1. The van der Waals surface area contributed by atoms with Gasteiger partial charge in [0.05, 0.1) is 12.2 Å². The lowest BCUT2D eigenvalue weighted by Crippen LogP contribution is -2.04. The first kappa shape index (κ1) is 14.9. The van der Waals surface area contributed by atoms with E-state index in [1.54, 1.807) is 0 Å². The molecular weight excluding hydrogens is 284 g/mol. The summed E-state index contributed by atoms with van der Waals surface area (Å²) >= 11 is 1.24. The van der Waals surface area contributed by atoms with Crippen LogP contribution in [0.15, 0.2) is 35.4 Å². The van der Waals surface area contributed by atoms with Crippen molar-refractivity contribution in [2.45, 2.75) is 5.03 Å². The first-order valence-electron chi connectivity index (χ1n) is 6.15. The molecule has 6 heteroatoms. The molecule has 0 saturated heterocycles. The summed E-state index contributed by atoms with van der Waals surface area (Å²) in [6, 6.07) is 13.3. The summed E-state index contributed by atoms with van der Waals surface area (Å²) < 4.78 is 0. The van der Waals surface area contributed by atoms with Crippen LogP contribution in [0.3, 0.4) is 0 Å². The summed E-state index contributed by atoms with van der Waals surface area (Å²) in [5.74, 6) is 0.497. The highest BCUT2D eigenvalue weighted by Gasteiger charge is 2.19. The van der Waals surface area contributed by atoms with Gasteiger partial charge in [-0.05, 0) is 5.56 Å². The van der Waals surface area contributed by atoms with Crippen molar-refractivity contribution < 1.29 is 5.11 Å². The number of nitriles is 2. The van der Waals surface area contributed by atoms with Gasteiger partial charge in [0.25, 0.3) is 0 Å². The van der Waals surface area contributed by atoms with E-state index >= 15 is 0 Å². The Morgan fingerprint density at radius 2 is 1.81 bits per heavy atom. The fourth-order valence-corrected chi connectivity index (χ4v) is 2.68. The molecule has 0 bridgehead atoms. The lowest BCUT2D eigenvalue weighted by Gasteiger charge is -2.12. The molecule has 5 nitrogen and oxygen atoms in total. The number of nitrogen functional groups attached to an aromatic ring is 1. The SMILES string of the molecule is N#Cc1c(N)nc(SCCO)c(C#N)c1-c1ccccc1. The van der Waals surface area contributed by atoms with Crippen LogP contribution in [0, 0.1) is 22.7 Å². The van der Waals surface area contributed by atoms with Crippen molar-refractivity contribution in [2.24, 2.45) is 0 Å². The molecule has 0 spiro atoms. The zero-order valence-electron chi connectivity index (χ0n) is 11.1. The first-order valence-corrected chi connectivity index (χ1v) is 7.14. The average molecular weight is 296 g/mol. The minimum Gasteiger partial charge on any atom is -0.396 e. The Kier molecular flexibility index (Phi) is 4.78. The predicted molar refractivity (Wildman–Crippen MR) is 81.3 cm³/mol. The molecule has 0 saturated carbocycles. The largest absolute Gasteiger partial charge is 0.396 e. The van der Waals surface area contributed by atoms with Crippen LogP contribution in [0.4, 0.5) is 5.82 Å². The summed E-state index contributed by atoms with van der Waals surface area (Å²) in [5.41, 5.74) is 7.59. The topological polar surface area (TPSA) is 107 Å². The van der Waals surface area contributed by atoms with Crippen LogP contribution in [0.1, 0.15) is 11.1 Å². The number of rotatable bonds is 4. The highest BCUT2D eigenvalue weighted by Crippen LogP contribution is 2.35. The van der Waals surface area contributed by atoms with Gasteiger partial charge in [0, 0.05) is 11.3 Å². The average Bonchev–Trinajstić information content (AvgIpc) is 2.52. The molecule has 21 heavy (non-hydrogen) atoms. The van der Waals surface area contributed by atoms with Gasteiger partial charge in [-0.2, -0.15) is 10.5 Å². The maximum Gasteiger partial charge on any atom is 0.143 e. The number of hydrogen-bond donors (Lipinski definition) is 2. The summed E-state index contributed by atoms with van der Waals surface area (Å²) in [5, 5.41) is 28.1. The Morgan fingerprint density at radius 3 is 2.38 bits per heavy atom. The Hall–Kier alpha value is -2.54. The fourth-order valence-electron chi connectivity index (χ4n) is 1.94. The van der Waals surface area contributed by atoms with E-state index in [0.29, 0.717) is 21.9 Å². The second-order valence-electron chi connectivity index (χ2n) is 4.09. The van der Waals surface area contributed by atoms with Gasteiger partial charge >= 0.3 is 0 Å². The molecule has 0 radical (unpaired) electrons. The molecule has 3 N–H and O–H groups in total. The summed E-state index contributed by atoms with van der Waals surface area (Å²) in [6.45, 7) is -0.0300. The predicted octanol–water partition coefficient (Wildman–Crippen LogP) is 2.16. The first-order chi connectivity index (χ1) is 10.2. The van der Waals surface area contributed by atoms with Crippen LogP contribution in [-0.4, -0.2) is 22.5 Å². The van der Waals surface area contributed by atoms with E-state index in [2.05, 4.69) is 11.1 Å². The van der Waals surface area contributed by atoms with Gasteiger partial charge in [0.2, 0.25) is 0 Å². The van der Waals surface area contributed by atoms with Gasteiger partial charge in [0.1, 0.15) is 28.5 Å². The van der Waals surface area contributed by atoms with Gasteiger partial charge in [0.15, 0.2) is 0 Å². The molecule has 0 unspecified atom stereocenters. The van der Waals surface area contributed by atoms with Crippen molar-refractivity contribution >= 4 is 17.6 Å². The van der Waals surface area contributed by atoms with Crippen LogP contribution in [0.25, 0.3) is 11.1 Å². The standard InChI is InChI=1S/C15H12N4OS/c16-8-11-13(10-4-2-1-3-5-10)12(9-17)15(19-14(11)18)21-7-6-20/h1-5,20H,6-7H2,(H2,18,19). The Balaban J connectivity index is 2.74. The highest BCUT2D eigenvalue weighted by atomic mass is 32.2. The number of hydrogen-bond acceptors (Lipinski definition) is 6. The second kappa shape index (κ2) is 6.76. The Morgan fingerprint density at radius 1 is 1.14 bits per heavy atom. The Bertz CT molecular complexity index is 732. The monoisotopic (exact) mass is 296 g/mol. The molecule has 0 atom stereocenters. The molecule has 0 fully saturated rings. The van der Waals surface area contributed by atoms with Gasteiger partial charge in [-0.15, -0.1) is 11.8 Å². The molecule has 0 aliphatic heterocycles. The number of nitrogens with two attached hydrogens (primary N) is 1. The Labute approximate surface area is 126 Å². The van der Waals surface area contributed by atoms with Crippen LogP contribution >= 0.6 is 11.8 Å². The van der Waals surface area contributed by atoms with Crippen molar-refractivity contribution in [3.63, 3.8) is 0 Å². The summed E-state index contributed by atoms with van der Waals surface area (Å²) in [6.07, 6.45) is 0. The molecule has 1 aromatic heterocycles. The maximum atomic E-state index is 9.45. The molecule has 0 aliphatic rings. The third kappa shape index (κ3) is 2.97. The number of thioether (sulfide) groups is 1. The van der Waals surface area contributed by atoms with E-state index in [4.69, 9.17) is 10.8 Å². The number of anilines is 1. The molecular formula is C15H12N4OS. The molecule has 104 valence electrons. The van der Waals surface area contributed by atoms with Crippen molar-refractivity contribution in [3.05, 3.63) is 41.5 Å². The third-order valence-electron chi connectivity index (χ3n) is 2.81. The van der Waals surface area contributed by atoms with Crippen LogP contribution in [-0.2, 0) is 0 Å². The summed E-state index contributed by atoms with van der Waals surface area (Å²) in [4.78, 5) is 4.12. The smallest absolute Gasteiger partial charge is 0.143 e. The minimum absolute atomic E-state index is 0.0300. The third-order valence-corrected chi connectivity index (χ3v) is 3.76. The van der Waals surface area contributed by atoms with E-state index in [9.17, 15) is 10.5 Å². The molecule has 0 amide bonds. The lowest BCUT2D eigenvalue weighted by molar-refractivity contribution is 0.322. The van der Waals surface area contributed by atoms with E-state index in [1.807, 2.05) is 36.4 Å². The number of aromatic nitrogens is 1. The highest BCUT2D eigenvalue weighted by molar-refractivity contribution is 7.99. The number of nitrogens with zero attached hydrogens (tertiary/aromatic N) is 3. The maximum absolute atomic E-state index is 9.45. The molecule has 0 aliphatic carbocycles. The van der Waals surface area contributed by atoms with E-state index in [1.165, 1.54) is 11.8 Å². The summed E-state index contributed by atoms with van der Waals surface area (Å²) in [7, 11) is 0.